The van der Waals surface area contributed by atoms with Gasteiger partial charge in [-0.15, -0.1) is 0 Å². The summed E-state index contributed by atoms with van der Waals surface area (Å²) in [6.45, 7) is 0.520. The number of likely N-dealkylation sites (N-methyl/N-ethyl adjacent to an activating group) is 1. The van der Waals surface area contributed by atoms with E-state index < -0.39 is 22.5 Å². The Labute approximate surface area is 200 Å². The van der Waals surface area contributed by atoms with Crippen molar-refractivity contribution < 1.29 is 22.7 Å². The first-order chi connectivity index (χ1) is 16.4. The SMILES string of the molecule is COc1ccc(S(=O)(=O)N(CC(=O)NCCN(C)c2ccccc2)c2ccccc2OC)cc1. The third kappa shape index (κ3) is 5.99. The monoisotopic (exact) mass is 483 g/mol. The number of carbonyl (C=O) groups excluding carboxylic acids is 1. The van der Waals surface area contributed by atoms with E-state index in [0.717, 1.165) is 9.99 Å². The molecule has 0 radical (unpaired) electrons. The summed E-state index contributed by atoms with van der Waals surface area (Å²) < 4.78 is 38.6. The van der Waals surface area contributed by atoms with Gasteiger partial charge in [-0.1, -0.05) is 30.3 Å². The summed E-state index contributed by atoms with van der Waals surface area (Å²) in [6, 6.07) is 22.5. The molecule has 1 amide bonds. The largest absolute Gasteiger partial charge is 0.497 e. The fraction of sp³-hybridized carbons (Fsp3) is 0.240. The molecular weight excluding hydrogens is 454 g/mol. The third-order valence-electron chi connectivity index (χ3n) is 5.25. The Kier molecular flexibility index (Phi) is 8.37. The lowest BCUT2D eigenvalue weighted by Crippen LogP contribution is -2.42. The summed E-state index contributed by atoms with van der Waals surface area (Å²) in [6.07, 6.45) is 0. The maximum Gasteiger partial charge on any atom is 0.264 e. The van der Waals surface area contributed by atoms with Crippen LogP contribution < -0.4 is 24.0 Å². The summed E-state index contributed by atoms with van der Waals surface area (Å²) in [5.74, 6) is 0.448. The van der Waals surface area contributed by atoms with Gasteiger partial charge >= 0.3 is 0 Å². The summed E-state index contributed by atoms with van der Waals surface area (Å²) in [5.41, 5.74) is 1.30. The number of rotatable bonds is 11. The van der Waals surface area contributed by atoms with Crippen LogP contribution in [0.5, 0.6) is 11.5 Å². The predicted molar refractivity (Wildman–Crippen MR) is 133 cm³/mol. The number of sulfonamides is 1. The van der Waals surface area contributed by atoms with Crippen molar-refractivity contribution in [2.75, 3.05) is 50.1 Å². The minimum atomic E-state index is -4.06. The molecule has 8 nitrogen and oxygen atoms in total. The quantitative estimate of drug-likeness (QED) is 0.451. The van der Waals surface area contributed by atoms with Crippen LogP contribution in [0.4, 0.5) is 11.4 Å². The average molecular weight is 484 g/mol. The first kappa shape index (κ1) is 24.9. The molecule has 180 valence electrons. The molecule has 0 spiro atoms. The number of hydrogen-bond donors (Lipinski definition) is 1. The zero-order valence-corrected chi connectivity index (χ0v) is 20.3. The first-order valence-corrected chi connectivity index (χ1v) is 12.1. The van der Waals surface area contributed by atoms with E-state index in [9.17, 15) is 13.2 Å². The summed E-state index contributed by atoms with van der Waals surface area (Å²) in [4.78, 5) is 14.9. The molecule has 0 saturated heterocycles. The molecule has 9 heteroatoms. The number of anilines is 2. The van der Waals surface area contributed by atoms with Crippen molar-refractivity contribution in [3.8, 4) is 11.5 Å². The second kappa shape index (κ2) is 11.4. The van der Waals surface area contributed by atoms with Gasteiger partial charge in [-0.25, -0.2) is 8.42 Å². The maximum atomic E-state index is 13.5. The number of benzene rings is 3. The zero-order valence-electron chi connectivity index (χ0n) is 19.5. The molecule has 3 rings (SSSR count). The van der Waals surface area contributed by atoms with E-state index >= 15 is 0 Å². The highest BCUT2D eigenvalue weighted by Crippen LogP contribution is 2.32. The fourth-order valence-corrected chi connectivity index (χ4v) is 4.80. The van der Waals surface area contributed by atoms with Crippen LogP contribution in [-0.2, 0) is 14.8 Å². The topological polar surface area (TPSA) is 88.2 Å². The van der Waals surface area contributed by atoms with Crippen LogP contribution in [0, 0.1) is 0 Å². The zero-order chi connectivity index (χ0) is 24.6. The Morgan fingerprint density at radius 1 is 0.882 bits per heavy atom. The van der Waals surface area contributed by atoms with Gasteiger partial charge in [-0.2, -0.15) is 0 Å². The van der Waals surface area contributed by atoms with Crippen LogP contribution in [0.3, 0.4) is 0 Å². The molecule has 0 fully saturated rings. The number of methoxy groups -OCH3 is 2. The summed E-state index contributed by atoms with van der Waals surface area (Å²) in [7, 11) is 0.822. The molecule has 0 aliphatic heterocycles. The second-order valence-corrected chi connectivity index (χ2v) is 9.33. The molecule has 0 aromatic heterocycles. The van der Waals surface area contributed by atoms with Crippen LogP contribution in [0.25, 0.3) is 0 Å². The number of ether oxygens (including phenoxy) is 2. The van der Waals surface area contributed by atoms with Gasteiger partial charge in [0.25, 0.3) is 10.0 Å². The van der Waals surface area contributed by atoms with Gasteiger partial charge in [0, 0.05) is 25.8 Å². The molecule has 0 saturated carbocycles. The molecular formula is C25H29N3O5S. The van der Waals surface area contributed by atoms with Crippen LogP contribution in [0.2, 0.25) is 0 Å². The van der Waals surface area contributed by atoms with Crippen molar-refractivity contribution >= 4 is 27.3 Å². The first-order valence-electron chi connectivity index (χ1n) is 10.7. The lowest BCUT2D eigenvalue weighted by molar-refractivity contribution is -0.119. The molecule has 0 bridgehead atoms. The highest BCUT2D eigenvalue weighted by atomic mass is 32.2. The van der Waals surface area contributed by atoms with Crippen molar-refractivity contribution in [1.29, 1.82) is 0 Å². The Hall–Kier alpha value is -3.72. The van der Waals surface area contributed by atoms with E-state index in [1.165, 1.54) is 26.4 Å². The van der Waals surface area contributed by atoms with Crippen molar-refractivity contribution in [3.05, 3.63) is 78.9 Å². The lowest BCUT2D eigenvalue weighted by Gasteiger charge is -2.26. The summed E-state index contributed by atoms with van der Waals surface area (Å²) >= 11 is 0. The highest BCUT2D eigenvalue weighted by molar-refractivity contribution is 7.92. The third-order valence-corrected chi connectivity index (χ3v) is 7.03. The van der Waals surface area contributed by atoms with Crippen LogP contribution in [0.15, 0.2) is 83.8 Å². The molecule has 0 aliphatic rings. The standard InChI is InChI=1S/C25H29N3O5S/c1-27(20-9-5-4-6-10-20)18-17-26-25(29)19-28(23-11-7-8-12-24(23)33-3)34(30,31)22-15-13-21(32-2)14-16-22/h4-16H,17-19H2,1-3H3,(H,26,29). The average Bonchev–Trinajstić information content (AvgIpc) is 2.87. The number of nitrogens with zero attached hydrogens (tertiary/aromatic N) is 2. The Balaban J connectivity index is 1.79. The van der Waals surface area contributed by atoms with Crippen molar-refractivity contribution in [2.45, 2.75) is 4.90 Å². The number of hydrogen-bond acceptors (Lipinski definition) is 6. The number of nitrogens with one attached hydrogen (secondary N) is 1. The van der Waals surface area contributed by atoms with Gasteiger partial charge < -0.3 is 19.7 Å². The molecule has 34 heavy (non-hydrogen) atoms. The Morgan fingerprint density at radius 2 is 1.53 bits per heavy atom. The number of amides is 1. The van der Waals surface area contributed by atoms with Crippen LogP contribution in [0.1, 0.15) is 0 Å². The van der Waals surface area contributed by atoms with E-state index in [2.05, 4.69) is 5.32 Å². The van der Waals surface area contributed by atoms with Gasteiger partial charge in [0.2, 0.25) is 5.91 Å². The highest BCUT2D eigenvalue weighted by Gasteiger charge is 2.29. The molecule has 0 aliphatic carbocycles. The number of carbonyl (C=O) groups is 1. The summed E-state index contributed by atoms with van der Waals surface area (Å²) in [5, 5.41) is 2.82. The molecule has 0 unspecified atom stereocenters. The van der Waals surface area contributed by atoms with Crippen molar-refractivity contribution in [1.82, 2.24) is 5.32 Å². The molecule has 0 heterocycles. The molecule has 1 N–H and O–H groups in total. The van der Waals surface area contributed by atoms with Gasteiger partial charge in [-0.3, -0.25) is 9.10 Å². The van der Waals surface area contributed by atoms with Gasteiger partial charge in [0.1, 0.15) is 18.0 Å². The normalized spacial score (nSPS) is 10.9. The minimum absolute atomic E-state index is 0.0378. The fourth-order valence-electron chi connectivity index (χ4n) is 3.37. The Morgan fingerprint density at radius 3 is 2.18 bits per heavy atom. The Bertz CT molecular complexity index is 1180. The maximum absolute atomic E-state index is 13.5. The van der Waals surface area contributed by atoms with Gasteiger partial charge in [-0.05, 0) is 48.5 Å². The molecule has 3 aromatic carbocycles. The van der Waals surface area contributed by atoms with Crippen LogP contribution >= 0.6 is 0 Å². The van der Waals surface area contributed by atoms with E-state index in [-0.39, 0.29) is 10.6 Å². The molecule has 3 aromatic rings. The van der Waals surface area contributed by atoms with E-state index in [1.54, 1.807) is 36.4 Å². The predicted octanol–water partition coefficient (Wildman–Crippen LogP) is 3.15. The lowest BCUT2D eigenvalue weighted by atomic mass is 10.3. The molecule has 0 atom stereocenters. The van der Waals surface area contributed by atoms with Gasteiger partial charge in [0.15, 0.2) is 0 Å². The van der Waals surface area contributed by atoms with E-state index in [1.807, 2.05) is 42.3 Å². The van der Waals surface area contributed by atoms with E-state index in [0.29, 0.717) is 24.6 Å². The van der Waals surface area contributed by atoms with Crippen LogP contribution in [-0.4, -0.2) is 55.2 Å². The number of para-hydroxylation sites is 3. The second-order valence-electron chi connectivity index (χ2n) is 7.47. The smallest absolute Gasteiger partial charge is 0.264 e. The van der Waals surface area contributed by atoms with Crippen molar-refractivity contribution in [2.24, 2.45) is 0 Å². The van der Waals surface area contributed by atoms with Gasteiger partial charge in [0.05, 0.1) is 24.8 Å². The minimum Gasteiger partial charge on any atom is -0.497 e. The van der Waals surface area contributed by atoms with E-state index in [4.69, 9.17) is 9.47 Å². The van der Waals surface area contributed by atoms with Crippen molar-refractivity contribution in [3.63, 3.8) is 0 Å².